The third kappa shape index (κ3) is 4.05. The molecule has 0 bridgehead atoms. The maximum absolute atomic E-state index is 12.5. The van der Waals surface area contributed by atoms with Gasteiger partial charge in [0.25, 0.3) is 0 Å². The smallest absolute Gasteiger partial charge is 0.358 e. The van der Waals surface area contributed by atoms with E-state index >= 15 is 0 Å². The standard InChI is InChI=1S/C21H17ClN4O3/c1-13-10-14(2)26(24-13)19-9-8-17(22)20(23-19)21(27)28-12-16-11-18(29-25-16)15-6-4-3-5-7-15/h3-11H,12H2,1-2H3. The number of benzene rings is 1. The molecule has 0 aliphatic carbocycles. The van der Waals surface area contributed by atoms with Crippen LogP contribution >= 0.6 is 11.6 Å². The third-order valence-corrected chi connectivity index (χ3v) is 4.52. The Labute approximate surface area is 171 Å². The highest BCUT2D eigenvalue weighted by Crippen LogP contribution is 2.21. The number of rotatable bonds is 5. The second kappa shape index (κ2) is 7.89. The fourth-order valence-corrected chi connectivity index (χ4v) is 3.06. The number of aromatic nitrogens is 4. The zero-order chi connectivity index (χ0) is 20.4. The van der Waals surface area contributed by atoms with Crippen molar-refractivity contribution in [3.05, 3.63) is 82.4 Å². The molecule has 4 aromatic rings. The van der Waals surface area contributed by atoms with Crippen molar-refractivity contribution >= 4 is 17.6 Å². The number of pyridine rings is 1. The molecule has 0 N–H and O–H groups in total. The summed E-state index contributed by atoms with van der Waals surface area (Å²) in [5.41, 5.74) is 3.14. The van der Waals surface area contributed by atoms with Crippen molar-refractivity contribution in [3.8, 4) is 17.1 Å². The molecule has 0 radical (unpaired) electrons. The van der Waals surface area contributed by atoms with Crippen LogP contribution in [0.1, 0.15) is 27.6 Å². The summed E-state index contributed by atoms with van der Waals surface area (Å²) in [7, 11) is 0. The number of aryl methyl sites for hydroxylation is 2. The van der Waals surface area contributed by atoms with E-state index in [-0.39, 0.29) is 17.3 Å². The van der Waals surface area contributed by atoms with E-state index in [9.17, 15) is 4.79 Å². The van der Waals surface area contributed by atoms with Gasteiger partial charge in [-0.15, -0.1) is 0 Å². The van der Waals surface area contributed by atoms with Gasteiger partial charge in [0.15, 0.2) is 17.3 Å². The number of nitrogens with zero attached hydrogens (tertiary/aromatic N) is 4. The van der Waals surface area contributed by atoms with E-state index in [1.807, 2.05) is 50.2 Å². The first kappa shape index (κ1) is 18.9. The quantitative estimate of drug-likeness (QED) is 0.450. The van der Waals surface area contributed by atoms with Gasteiger partial charge in [-0.2, -0.15) is 5.10 Å². The van der Waals surface area contributed by atoms with Crippen LogP contribution in [0.5, 0.6) is 0 Å². The van der Waals surface area contributed by atoms with E-state index in [2.05, 4.69) is 15.2 Å². The van der Waals surface area contributed by atoms with Crippen LogP contribution in [0.3, 0.4) is 0 Å². The summed E-state index contributed by atoms with van der Waals surface area (Å²) in [5, 5.41) is 8.51. The SMILES string of the molecule is Cc1cc(C)n(-c2ccc(Cl)c(C(=O)OCc3cc(-c4ccccc4)on3)n2)n1. The van der Waals surface area contributed by atoms with Crippen molar-refractivity contribution in [2.75, 3.05) is 0 Å². The monoisotopic (exact) mass is 408 g/mol. The Morgan fingerprint density at radius 3 is 2.66 bits per heavy atom. The summed E-state index contributed by atoms with van der Waals surface area (Å²) in [4.78, 5) is 16.9. The van der Waals surface area contributed by atoms with Crippen molar-refractivity contribution in [3.63, 3.8) is 0 Å². The summed E-state index contributed by atoms with van der Waals surface area (Å²) >= 11 is 6.16. The number of hydrogen-bond donors (Lipinski definition) is 0. The minimum Gasteiger partial charge on any atom is -0.454 e. The molecule has 0 atom stereocenters. The second-order valence-corrected chi connectivity index (χ2v) is 6.87. The second-order valence-electron chi connectivity index (χ2n) is 6.46. The molecule has 29 heavy (non-hydrogen) atoms. The first-order valence-electron chi connectivity index (χ1n) is 8.89. The molecule has 0 saturated heterocycles. The van der Waals surface area contributed by atoms with Crippen LogP contribution in [-0.4, -0.2) is 25.9 Å². The number of ether oxygens (including phenoxy) is 1. The predicted molar refractivity (Wildman–Crippen MR) is 107 cm³/mol. The average Bonchev–Trinajstić information content (AvgIpc) is 3.33. The minimum atomic E-state index is -0.650. The largest absolute Gasteiger partial charge is 0.454 e. The normalized spacial score (nSPS) is 10.9. The van der Waals surface area contributed by atoms with Gasteiger partial charge in [0, 0.05) is 17.3 Å². The lowest BCUT2D eigenvalue weighted by Gasteiger charge is -2.08. The van der Waals surface area contributed by atoms with Gasteiger partial charge in [0.1, 0.15) is 12.3 Å². The van der Waals surface area contributed by atoms with Crippen LogP contribution in [-0.2, 0) is 11.3 Å². The van der Waals surface area contributed by atoms with Crippen molar-refractivity contribution in [1.82, 2.24) is 19.9 Å². The highest BCUT2D eigenvalue weighted by molar-refractivity contribution is 6.33. The maximum Gasteiger partial charge on any atom is 0.358 e. The number of halogens is 1. The average molecular weight is 409 g/mol. The molecule has 0 saturated carbocycles. The zero-order valence-corrected chi connectivity index (χ0v) is 16.6. The topological polar surface area (TPSA) is 83.0 Å². The molecule has 0 fully saturated rings. The van der Waals surface area contributed by atoms with Crippen LogP contribution in [0.25, 0.3) is 17.1 Å². The Balaban J connectivity index is 1.50. The Morgan fingerprint density at radius 2 is 1.93 bits per heavy atom. The summed E-state index contributed by atoms with van der Waals surface area (Å²) in [6.07, 6.45) is 0. The molecule has 0 aliphatic heterocycles. The zero-order valence-electron chi connectivity index (χ0n) is 15.8. The molecular weight excluding hydrogens is 392 g/mol. The molecule has 8 heteroatoms. The molecule has 1 aromatic carbocycles. The van der Waals surface area contributed by atoms with Crippen molar-refractivity contribution in [2.24, 2.45) is 0 Å². The maximum atomic E-state index is 12.5. The van der Waals surface area contributed by atoms with Crippen LogP contribution in [0.2, 0.25) is 5.02 Å². The van der Waals surface area contributed by atoms with E-state index in [1.54, 1.807) is 22.9 Å². The van der Waals surface area contributed by atoms with Crippen molar-refractivity contribution in [2.45, 2.75) is 20.5 Å². The molecule has 4 rings (SSSR count). The Hall–Kier alpha value is -3.45. The van der Waals surface area contributed by atoms with Crippen molar-refractivity contribution in [1.29, 1.82) is 0 Å². The lowest BCUT2D eigenvalue weighted by molar-refractivity contribution is 0.0457. The van der Waals surface area contributed by atoms with E-state index in [0.29, 0.717) is 17.3 Å². The van der Waals surface area contributed by atoms with Crippen LogP contribution in [0.15, 0.2) is 59.1 Å². The molecule has 146 valence electrons. The molecule has 3 heterocycles. The van der Waals surface area contributed by atoms with Gasteiger partial charge in [-0.3, -0.25) is 0 Å². The molecular formula is C21H17ClN4O3. The fraction of sp³-hybridized carbons (Fsp3) is 0.143. The Kier molecular flexibility index (Phi) is 5.14. The summed E-state index contributed by atoms with van der Waals surface area (Å²) < 4.78 is 12.3. The molecule has 0 amide bonds. The van der Waals surface area contributed by atoms with Gasteiger partial charge < -0.3 is 9.26 Å². The first-order chi connectivity index (χ1) is 14.0. The number of esters is 1. The summed E-state index contributed by atoms with van der Waals surface area (Å²) in [5.74, 6) is 0.432. The molecule has 3 aromatic heterocycles. The van der Waals surface area contributed by atoms with Gasteiger partial charge in [-0.1, -0.05) is 47.1 Å². The van der Waals surface area contributed by atoms with E-state index in [4.69, 9.17) is 20.9 Å². The van der Waals surface area contributed by atoms with Crippen molar-refractivity contribution < 1.29 is 14.1 Å². The Morgan fingerprint density at radius 1 is 1.14 bits per heavy atom. The first-order valence-corrected chi connectivity index (χ1v) is 9.27. The van der Waals surface area contributed by atoms with E-state index in [1.165, 1.54) is 0 Å². The van der Waals surface area contributed by atoms with Gasteiger partial charge in [-0.05, 0) is 32.0 Å². The fourth-order valence-electron chi connectivity index (χ4n) is 2.88. The highest BCUT2D eigenvalue weighted by atomic mass is 35.5. The lowest BCUT2D eigenvalue weighted by Crippen LogP contribution is -2.11. The molecule has 0 unspecified atom stereocenters. The predicted octanol–water partition coefficient (Wildman–Crippen LogP) is 4.55. The third-order valence-electron chi connectivity index (χ3n) is 4.22. The van der Waals surface area contributed by atoms with Gasteiger partial charge in [0.05, 0.1) is 10.7 Å². The molecule has 7 nitrogen and oxygen atoms in total. The lowest BCUT2D eigenvalue weighted by atomic mass is 10.2. The number of carbonyl (C=O) groups is 1. The van der Waals surface area contributed by atoms with Crippen LogP contribution < -0.4 is 0 Å². The minimum absolute atomic E-state index is 0.0171. The van der Waals surface area contributed by atoms with Crippen LogP contribution in [0, 0.1) is 13.8 Å². The Bertz CT molecular complexity index is 1170. The number of hydrogen-bond acceptors (Lipinski definition) is 6. The van der Waals surface area contributed by atoms with E-state index in [0.717, 1.165) is 17.0 Å². The molecule has 0 aliphatic rings. The van der Waals surface area contributed by atoms with Gasteiger partial charge in [-0.25, -0.2) is 14.5 Å². The molecule has 0 spiro atoms. The van der Waals surface area contributed by atoms with Gasteiger partial charge in [0.2, 0.25) is 0 Å². The van der Waals surface area contributed by atoms with E-state index < -0.39 is 5.97 Å². The van der Waals surface area contributed by atoms with Crippen LogP contribution in [0.4, 0.5) is 0 Å². The highest BCUT2D eigenvalue weighted by Gasteiger charge is 2.18. The number of carbonyl (C=O) groups excluding carboxylic acids is 1. The van der Waals surface area contributed by atoms with Gasteiger partial charge >= 0.3 is 5.97 Å². The summed E-state index contributed by atoms with van der Waals surface area (Å²) in [6, 6.07) is 16.5. The summed E-state index contributed by atoms with van der Waals surface area (Å²) in [6.45, 7) is 3.73.